The zero-order chi connectivity index (χ0) is 17.7. The van der Waals surface area contributed by atoms with E-state index in [-0.39, 0.29) is 5.25 Å². The molecule has 1 saturated heterocycles. The molecule has 0 unspecified atom stereocenters. The molecule has 0 amide bonds. The van der Waals surface area contributed by atoms with Crippen molar-refractivity contribution in [1.29, 1.82) is 0 Å². The summed E-state index contributed by atoms with van der Waals surface area (Å²) in [5.41, 5.74) is 0. The van der Waals surface area contributed by atoms with Crippen molar-refractivity contribution in [3.8, 4) is 5.75 Å². The molecule has 2 aliphatic rings. The van der Waals surface area contributed by atoms with Crippen LogP contribution in [0.5, 0.6) is 5.75 Å². The van der Waals surface area contributed by atoms with Gasteiger partial charge < -0.3 is 4.74 Å². The minimum absolute atomic E-state index is 0.119. The van der Waals surface area contributed by atoms with Crippen LogP contribution in [0.4, 0.5) is 0 Å². The quantitative estimate of drug-likeness (QED) is 0.692. The highest BCUT2D eigenvalue weighted by molar-refractivity contribution is 7.99. The first kappa shape index (κ1) is 19.1. The SMILES string of the molecule is COc1ccc(SCC2CCN(S(=O)(=O)C3CCCCC3)CC2)cc1. The summed E-state index contributed by atoms with van der Waals surface area (Å²) in [6.45, 7) is 1.40. The summed E-state index contributed by atoms with van der Waals surface area (Å²) in [5.74, 6) is 2.54. The molecule has 4 nitrogen and oxygen atoms in total. The molecule has 3 rings (SSSR count). The number of methoxy groups -OCH3 is 1. The summed E-state index contributed by atoms with van der Waals surface area (Å²) in [4.78, 5) is 1.25. The van der Waals surface area contributed by atoms with Gasteiger partial charge in [0.15, 0.2) is 0 Å². The zero-order valence-corrected chi connectivity index (χ0v) is 16.7. The van der Waals surface area contributed by atoms with E-state index in [0.29, 0.717) is 19.0 Å². The highest BCUT2D eigenvalue weighted by atomic mass is 32.2. The van der Waals surface area contributed by atoms with E-state index >= 15 is 0 Å². The summed E-state index contributed by atoms with van der Waals surface area (Å²) in [7, 11) is -1.39. The largest absolute Gasteiger partial charge is 0.497 e. The fourth-order valence-electron chi connectivity index (χ4n) is 3.79. The third-order valence-corrected chi connectivity index (χ3v) is 9.09. The Kier molecular flexibility index (Phi) is 6.69. The van der Waals surface area contributed by atoms with Crippen molar-refractivity contribution in [1.82, 2.24) is 4.31 Å². The second-order valence-corrected chi connectivity index (χ2v) is 10.4. The summed E-state index contributed by atoms with van der Waals surface area (Å²) in [5, 5.41) is -0.119. The molecule has 0 bridgehead atoms. The lowest BCUT2D eigenvalue weighted by atomic mass is 10.0. The molecule has 1 aromatic carbocycles. The average molecular weight is 384 g/mol. The van der Waals surface area contributed by atoms with Crippen LogP contribution in [-0.4, -0.2) is 43.9 Å². The minimum Gasteiger partial charge on any atom is -0.497 e. The Labute approximate surface area is 156 Å². The van der Waals surface area contributed by atoms with Gasteiger partial charge in [0.2, 0.25) is 10.0 Å². The molecule has 25 heavy (non-hydrogen) atoms. The van der Waals surface area contributed by atoms with Crippen LogP contribution in [0.25, 0.3) is 0 Å². The fraction of sp³-hybridized carbons (Fsp3) is 0.684. The number of rotatable bonds is 6. The number of hydrogen-bond donors (Lipinski definition) is 0. The van der Waals surface area contributed by atoms with Gasteiger partial charge in [0, 0.05) is 23.7 Å². The summed E-state index contributed by atoms with van der Waals surface area (Å²) in [6, 6.07) is 8.15. The van der Waals surface area contributed by atoms with E-state index in [9.17, 15) is 8.42 Å². The predicted molar refractivity (Wildman–Crippen MR) is 104 cm³/mol. The van der Waals surface area contributed by atoms with E-state index in [2.05, 4.69) is 12.1 Å². The Bertz CT molecular complexity index is 631. The Hall–Kier alpha value is -0.720. The third kappa shape index (κ3) is 4.92. The van der Waals surface area contributed by atoms with Gasteiger partial charge >= 0.3 is 0 Å². The maximum Gasteiger partial charge on any atom is 0.216 e. The molecule has 0 radical (unpaired) electrons. The van der Waals surface area contributed by atoms with Gasteiger partial charge in [0.05, 0.1) is 12.4 Å². The van der Waals surface area contributed by atoms with Crippen molar-refractivity contribution in [2.75, 3.05) is 26.0 Å². The van der Waals surface area contributed by atoms with Crippen LogP contribution >= 0.6 is 11.8 Å². The van der Waals surface area contributed by atoms with Gasteiger partial charge in [0.25, 0.3) is 0 Å². The number of benzene rings is 1. The van der Waals surface area contributed by atoms with Crippen LogP contribution in [0.2, 0.25) is 0 Å². The van der Waals surface area contributed by atoms with E-state index in [1.165, 1.54) is 11.3 Å². The van der Waals surface area contributed by atoms with Crippen molar-refractivity contribution in [3.63, 3.8) is 0 Å². The summed E-state index contributed by atoms with van der Waals surface area (Å²) < 4.78 is 32.6. The lowest BCUT2D eigenvalue weighted by Gasteiger charge is -2.34. The Balaban J connectivity index is 1.46. The number of thioether (sulfide) groups is 1. The first-order valence-corrected chi connectivity index (χ1v) is 11.8. The van der Waals surface area contributed by atoms with Crippen molar-refractivity contribution >= 4 is 21.8 Å². The monoisotopic (exact) mass is 383 g/mol. The second-order valence-electron chi connectivity index (χ2n) is 7.13. The molecule has 6 heteroatoms. The van der Waals surface area contributed by atoms with E-state index in [4.69, 9.17) is 4.74 Å². The molecule has 0 aromatic heterocycles. The van der Waals surface area contributed by atoms with E-state index in [1.807, 2.05) is 23.9 Å². The Morgan fingerprint density at radius 2 is 1.68 bits per heavy atom. The van der Waals surface area contributed by atoms with E-state index in [1.54, 1.807) is 11.4 Å². The van der Waals surface area contributed by atoms with Gasteiger partial charge in [0.1, 0.15) is 5.75 Å². The van der Waals surface area contributed by atoms with Gasteiger partial charge in [-0.25, -0.2) is 12.7 Å². The van der Waals surface area contributed by atoms with Crippen molar-refractivity contribution in [2.24, 2.45) is 5.92 Å². The highest BCUT2D eigenvalue weighted by Gasteiger charge is 2.35. The number of sulfonamides is 1. The van der Waals surface area contributed by atoms with Gasteiger partial charge in [-0.3, -0.25) is 0 Å². The standard InChI is InChI=1S/C19H29NO3S2/c1-23-17-7-9-18(10-8-17)24-15-16-11-13-20(14-12-16)25(21,22)19-5-3-2-4-6-19/h7-10,16,19H,2-6,11-15H2,1H3. The van der Waals surface area contributed by atoms with Gasteiger partial charge in [-0.05, 0) is 55.9 Å². The normalized spacial score (nSPS) is 21.3. The van der Waals surface area contributed by atoms with Gasteiger partial charge in [-0.1, -0.05) is 19.3 Å². The minimum atomic E-state index is -3.07. The molecule has 1 aliphatic heterocycles. The number of piperidine rings is 1. The fourth-order valence-corrected chi connectivity index (χ4v) is 6.95. The molecule has 2 fully saturated rings. The van der Waals surface area contributed by atoms with Crippen molar-refractivity contribution in [3.05, 3.63) is 24.3 Å². The van der Waals surface area contributed by atoms with Crippen LogP contribution in [-0.2, 0) is 10.0 Å². The molecular weight excluding hydrogens is 354 g/mol. The summed E-state index contributed by atoms with van der Waals surface area (Å²) in [6.07, 6.45) is 7.00. The van der Waals surface area contributed by atoms with Gasteiger partial charge in [-0.15, -0.1) is 11.8 Å². The van der Waals surface area contributed by atoms with Crippen LogP contribution in [0, 0.1) is 5.92 Å². The maximum absolute atomic E-state index is 12.8. The number of ether oxygens (including phenoxy) is 1. The van der Waals surface area contributed by atoms with E-state index < -0.39 is 10.0 Å². The molecule has 1 aromatic rings. The molecule has 1 heterocycles. The lowest BCUT2D eigenvalue weighted by Crippen LogP contribution is -2.44. The van der Waals surface area contributed by atoms with Gasteiger partial charge in [-0.2, -0.15) is 0 Å². The van der Waals surface area contributed by atoms with Crippen LogP contribution in [0.15, 0.2) is 29.2 Å². The number of nitrogens with zero attached hydrogens (tertiary/aromatic N) is 1. The predicted octanol–water partition coefficient (Wildman–Crippen LogP) is 4.16. The first-order chi connectivity index (χ1) is 12.1. The van der Waals surface area contributed by atoms with Crippen LogP contribution in [0.1, 0.15) is 44.9 Å². The zero-order valence-electron chi connectivity index (χ0n) is 15.0. The molecule has 0 atom stereocenters. The van der Waals surface area contributed by atoms with E-state index in [0.717, 1.165) is 50.0 Å². The highest BCUT2D eigenvalue weighted by Crippen LogP contribution is 2.31. The maximum atomic E-state index is 12.8. The second kappa shape index (κ2) is 8.78. The molecular formula is C19H29NO3S2. The topological polar surface area (TPSA) is 46.6 Å². The van der Waals surface area contributed by atoms with Crippen molar-refractivity contribution in [2.45, 2.75) is 55.1 Å². The lowest BCUT2D eigenvalue weighted by molar-refractivity contribution is 0.285. The molecule has 1 aliphatic carbocycles. The summed E-state index contributed by atoms with van der Waals surface area (Å²) >= 11 is 1.86. The van der Waals surface area contributed by atoms with Crippen LogP contribution in [0.3, 0.4) is 0 Å². The molecule has 1 saturated carbocycles. The van der Waals surface area contributed by atoms with Crippen LogP contribution < -0.4 is 4.74 Å². The third-order valence-electron chi connectivity index (χ3n) is 5.45. The number of hydrogen-bond acceptors (Lipinski definition) is 4. The average Bonchev–Trinajstić information content (AvgIpc) is 2.68. The molecule has 0 spiro atoms. The Morgan fingerprint density at radius 3 is 2.28 bits per heavy atom. The molecule has 0 N–H and O–H groups in total. The molecule has 140 valence electrons. The van der Waals surface area contributed by atoms with Crippen molar-refractivity contribution < 1.29 is 13.2 Å². The smallest absolute Gasteiger partial charge is 0.216 e. The Morgan fingerprint density at radius 1 is 1.04 bits per heavy atom. The first-order valence-electron chi connectivity index (χ1n) is 9.35.